The molecule has 20 heavy (non-hydrogen) atoms. The molecule has 1 aromatic rings. The van der Waals surface area contributed by atoms with E-state index in [0.29, 0.717) is 5.56 Å². The third-order valence-corrected chi connectivity index (χ3v) is 3.12. The summed E-state index contributed by atoms with van der Waals surface area (Å²) >= 11 is 0. The van der Waals surface area contributed by atoms with E-state index in [4.69, 9.17) is 20.0 Å². The summed E-state index contributed by atoms with van der Waals surface area (Å²) in [4.78, 5) is 40.2. The minimum Gasteiger partial charge on any atom is -0.480 e. The molecule has 0 bridgehead atoms. The number of nitrogens with zero attached hydrogens (tertiary/aromatic N) is 1. The standard InChI is InChI=1S/C11H14NO7P/c13-10(14)6-12(7-20(17,18)19)5-8-1-3-9(4-2-8)11(15)16/h1-4H,5-7H2,(H,13,14)(H,15,16)(H2,17,18,19). The fourth-order valence-electron chi connectivity index (χ4n) is 1.62. The van der Waals surface area contributed by atoms with Gasteiger partial charge in [-0.15, -0.1) is 0 Å². The highest BCUT2D eigenvalue weighted by Gasteiger charge is 2.21. The number of benzene rings is 1. The van der Waals surface area contributed by atoms with Crippen LogP contribution < -0.4 is 0 Å². The van der Waals surface area contributed by atoms with Gasteiger partial charge in [0.25, 0.3) is 0 Å². The minimum atomic E-state index is -4.37. The maximum absolute atomic E-state index is 10.9. The molecule has 0 heterocycles. The third kappa shape index (κ3) is 5.94. The van der Waals surface area contributed by atoms with Crippen molar-refractivity contribution < 1.29 is 34.2 Å². The van der Waals surface area contributed by atoms with Gasteiger partial charge in [-0.05, 0) is 17.7 Å². The summed E-state index contributed by atoms with van der Waals surface area (Å²) in [6.07, 6.45) is -0.681. The molecule has 1 aromatic carbocycles. The fourth-order valence-corrected chi connectivity index (χ4v) is 2.34. The lowest BCUT2D eigenvalue weighted by Gasteiger charge is -2.20. The van der Waals surface area contributed by atoms with Gasteiger partial charge in [0.15, 0.2) is 0 Å². The van der Waals surface area contributed by atoms with Gasteiger partial charge in [0, 0.05) is 6.54 Å². The zero-order valence-electron chi connectivity index (χ0n) is 10.3. The molecule has 1 rings (SSSR count). The van der Waals surface area contributed by atoms with Crippen molar-refractivity contribution in [2.75, 3.05) is 12.8 Å². The predicted octanol–water partition coefficient (Wildman–Crippen LogP) is 0.407. The molecule has 4 N–H and O–H groups in total. The molecular weight excluding hydrogens is 289 g/mol. The highest BCUT2D eigenvalue weighted by Crippen LogP contribution is 2.35. The summed E-state index contributed by atoms with van der Waals surface area (Å²) in [6.45, 7) is -0.525. The Morgan fingerprint density at radius 2 is 1.65 bits per heavy atom. The summed E-state index contributed by atoms with van der Waals surface area (Å²) in [5, 5.41) is 17.4. The number of hydrogen-bond donors (Lipinski definition) is 4. The monoisotopic (exact) mass is 303 g/mol. The maximum Gasteiger partial charge on any atom is 0.339 e. The molecule has 0 spiro atoms. The second-order valence-corrected chi connectivity index (χ2v) is 5.80. The maximum atomic E-state index is 10.9. The Balaban J connectivity index is 2.80. The topological polar surface area (TPSA) is 135 Å². The van der Waals surface area contributed by atoms with E-state index in [9.17, 15) is 14.2 Å². The molecule has 0 amide bonds. The zero-order valence-corrected chi connectivity index (χ0v) is 11.2. The van der Waals surface area contributed by atoms with Gasteiger partial charge < -0.3 is 20.0 Å². The van der Waals surface area contributed by atoms with E-state index in [0.717, 1.165) is 4.90 Å². The quantitative estimate of drug-likeness (QED) is 0.532. The molecule has 0 radical (unpaired) electrons. The van der Waals surface area contributed by atoms with Crippen LogP contribution >= 0.6 is 7.60 Å². The Morgan fingerprint density at radius 1 is 1.10 bits per heavy atom. The molecule has 0 saturated carbocycles. The second-order valence-electron chi connectivity index (χ2n) is 4.19. The van der Waals surface area contributed by atoms with Crippen molar-refractivity contribution in [1.29, 1.82) is 0 Å². The molecule has 0 saturated heterocycles. The highest BCUT2D eigenvalue weighted by atomic mass is 31.2. The predicted molar refractivity (Wildman–Crippen MR) is 68.4 cm³/mol. The van der Waals surface area contributed by atoms with E-state index in [1.165, 1.54) is 24.3 Å². The molecule has 0 aliphatic rings. The van der Waals surface area contributed by atoms with E-state index >= 15 is 0 Å². The van der Waals surface area contributed by atoms with Crippen LogP contribution in [0.4, 0.5) is 0 Å². The number of aliphatic carboxylic acids is 1. The van der Waals surface area contributed by atoms with Gasteiger partial charge in [-0.2, -0.15) is 0 Å². The van der Waals surface area contributed by atoms with Crippen molar-refractivity contribution in [3.05, 3.63) is 35.4 Å². The van der Waals surface area contributed by atoms with Crippen LogP contribution in [0.2, 0.25) is 0 Å². The first kappa shape index (κ1) is 16.3. The number of rotatable bonds is 7. The van der Waals surface area contributed by atoms with Crippen LogP contribution in [0.3, 0.4) is 0 Å². The van der Waals surface area contributed by atoms with Gasteiger partial charge in [-0.1, -0.05) is 12.1 Å². The largest absolute Gasteiger partial charge is 0.480 e. The lowest BCUT2D eigenvalue weighted by Crippen LogP contribution is -2.30. The normalized spacial score (nSPS) is 11.6. The Kier molecular flexibility index (Phi) is 5.41. The lowest BCUT2D eigenvalue weighted by molar-refractivity contribution is -0.138. The third-order valence-electron chi connectivity index (χ3n) is 2.35. The van der Waals surface area contributed by atoms with Crippen molar-refractivity contribution in [3.8, 4) is 0 Å². The highest BCUT2D eigenvalue weighted by molar-refractivity contribution is 7.51. The van der Waals surface area contributed by atoms with Crippen LogP contribution in [-0.2, 0) is 15.9 Å². The van der Waals surface area contributed by atoms with Crippen molar-refractivity contribution in [2.45, 2.75) is 6.54 Å². The summed E-state index contributed by atoms with van der Waals surface area (Å²) in [6, 6.07) is 5.62. The van der Waals surface area contributed by atoms with Gasteiger partial charge in [0.2, 0.25) is 0 Å². The van der Waals surface area contributed by atoms with Crippen LogP contribution in [0.25, 0.3) is 0 Å². The smallest absolute Gasteiger partial charge is 0.339 e. The zero-order chi connectivity index (χ0) is 15.3. The number of carboxylic acid groups (broad SMARTS) is 2. The average molecular weight is 303 g/mol. The SMILES string of the molecule is O=C(O)CN(Cc1ccc(C(=O)O)cc1)CP(=O)(O)O. The molecule has 8 nitrogen and oxygen atoms in total. The number of hydrogen-bond acceptors (Lipinski definition) is 4. The molecule has 0 atom stereocenters. The second kappa shape index (κ2) is 6.62. The first-order chi connectivity index (χ1) is 9.17. The van der Waals surface area contributed by atoms with E-state index in [1.54, 1.807) is 0 Å². The molecule has 0 fully saturated rings. The number of carboxylic acids is 2. The summed E-state index contributed by atoms with van der Waals surface area (Å²) in [5.41, 5.74) is 0.637. The first-order valence-corrected chi connectivity index (χ1v) is 7.28. The number of aromatic carboxylic acids is 1. The van der Waals surface area contributed by atoms with Crippen LogP contribution in [-0.4, -0.2) is 49.7 Å². The Hall–Kier alpha value is -1.73. The van der Waals surface area contributed by atoms with E-state index < -0.39 is 32.4 Å². The van der Waals surface area contributed by atoms with Gasteiger partial charge in [0.05, 0.1) is 12.1 Å². The van der Waals surface area contributed by atoms with Crippen molar-refractivity contribution in [1.82, 2.24) is 4.90 Å². The van der Waals surface area contributed by atoms with Crippen molar-refractivity contribution in [2.24, 2.45) is 0 Å². The number of carbonyl (C=O) groups is 2. The van der Waals surface area contributed by atoms with Crippen LogP contribution in [0.5, 0.6) is 0 Å². The van der Waals surface area contributed by atoms with E-state index in [-0.39, 0.29) is 12.1 Å². The molecule has 0 aliphatic carbocycles. The van der Waals surface area contributed by atoms with Crippen LogP contribution in [0.15, 0.2) is 24.3 Å². The Morgan fingerprint density at radius 3 is 2.05 bits per heavy atom. The molecule has 110 valence electrons. The van der Waals surface area contributed by atoms with E-state index in [2.05, 4.69) is 0 Å². The Labute approximate surface area is 114 Å². The molecule has 9 heteroatoms. The van der Waals surface area contributed by atoms with Gasteiger partial charge in [0.1, 0.15) is 6.29 Å². The minimum absolute atomic E-state index is 0.00267. The van der Waals surface area contributed by atoms with Gasteiger partial charge in [-0.25, -0.2) is 4.79 Å². The first-order valence-electron chi connectivity index (χ1n) is 5.48. The van der Waals surface area contributed by atoms with Gasteiger partial charge in [-0.3, -0.25) is 14.3 Å². The summed E-state index contributed by atoms with van der Waals surface area (Å²) in [7, 11) is -4.37. The van der Waals surface area contributed by atoms with Crippen molar-refractivity contribution >= 4 is 19.5 Å². The van der Waals surface area contributed by atoms with Gasteiger partial charge >= 0.3 is 19.5 Å². The molecule has 0 aromatic heterocycles. The fraction of sp³-hybridized carbons (Fsp3) is 0.273. The molecule has 0 unspecified atom stereocenters. The molecule has 0 aliphatic heterocycles. The summed E-state index contributed by atoms with van der Waals surface area (Å²) in [5.74, 6) is -2.30. The molecular formula is C11H14NO7P. The Bertz CT molecular complexity index is 536. The van der Waals surface area contributed by atoms with Crippen molar-refractivity contribution in [3.63, 3.8) is 0 Å². The van der Waals surface area contributed by atoms with Crippen LogP contribution in [0.1, 0.15) is 15.9 Å². The van der Waals surface area contributed by atoms with E-state index in [1.807, 2.05) is 0 Å². The lowest BCUT2D eigenvalue weighted by atomic mass is 10.1. The van der Waals surface area contributed by atoms with Crippen LogP contribution in [0, 0.1) is 0 Å². The summed E-state index contributed by atoms with van der Waals surface area (Å²) < 4.78 is 10.9. The average Bonchev–Trinajstić information content (AvgIpc) is 2.26.